The lowest BCUT2D eigenvalue weighted by molar-refractivity contribution is -0.132. The van der Waals surface area contributed by atoms with Gasteiger partial charge in [-0.05, 0) is 77.0 Å². The van der Waals surface area contributed by atoms with Crippen molar-refractivity contribution >= 4 is 5.91 Å². The zero-order valence-electron chi connectivity index (χ0n) is 33.6. The first-order valence-electron chi connectivity index (χ1n) is 21.9. The van der Waals surface area contributed by atoms with Gasteiger partial charge in [-0.2, -0.15) is 0 Å². The van der Waals surface area contributed by atoms with Gasteiger partial charge in [0, 0.05) is 0 Å². The molecular formula is C45H85NO5. The van der Waals surface area contributed by atoms with Gasteiger partial charge in [0.05, 0.1) is 18.8 Å². The molecule has 0 aromatic carbocycles. The maximum atomic E-state index is 12.5. The van der Waals surface area contributed by atoms with Gasteiger partial charge in [-0.3, -0.25) is 4.79 Å². The van der Waals surface area contributed by atoms with Crippen molar-refractivity contribution in [1.82, 2.24) is 5.32 Å². The fourth-order valence-electron chi connectivity index (χ4n) is 6.53. The summed E-state index contributed by atoms with van der Waals surface area (Å²) in [6, 6.07) is -1.01. The van der Waals surface area contributed by atoms with Gasteiger partial charge in [0.2, 0.25) is 5.91 Å². The Labute approximate surface area is 316 Å². The molecule has 0 rings (SSSR count). The molecule has 0 aromatic heterocycles. The normalized spacial score (nSPS) is 14.5. The Bertz CT molecular complexity index is 812. The standard InChI is InChI=1S/C45H85NO5/c1-3-5-7-9-11-13-15-17-18-19-20-21-22-23-24-25-26-27-29-31-33-35-37-39-43(49)45(51)46-41(40-47)44(50)42(48)38-36-34-32-30-28-16-14-12-10-8-6-4-2/h12,14,23-24,30,32,41-44,47-50H,3-11,13,15-22,25-29,31,33-40H2,1-2H3,(H,46,51)/b14-12+,24-23-,32-30+. The Morgan fingerprint density at radius 2 is 0.824 bits per heavy atom. The molecule has 6 nitrogen and oxygen atoms in total. The minimum absolute atomic E-state index is 0.355. The second-order valence-electron chi connectivity index (χ2n) is 15.0. The molecule has 0 bridgehead atoms. The topological polar surface area (TPSA) is 110 Å². The van der Waals surface area contributed by atoms with Gasteiger partial charge in [0.25, 0.3) is 0 Å². The summed E-state index contributed by atoms with van der Waals surface area (Å²) in [5, 5.41) is 43.5. The van der Waals surface area contributed by atoms with E-state index in [1.54, 1.807) is 0 Å². The summed E-state index contributed by atoms with van der Waals surface area (Å²) in [6.07, 6.45) is 46.1. The maximum absolute atomic E-state index is 12.5. The van der Waals surface area contributed by atoms with Gasteiger partial charge < -0.3 is 25.7 Å². The molecular weight excluding hydrogens is 634 g/mol. The Hall–Kier alpha value is -1.47. The fraction of sp³-hybridized carbons (Fsp3) is 0.844. The van der Waals surface area contributed by atoms with Gasteiger partial charge in [-0.1, -0.05) is 172 Å². The van der Waals surface area contributed by atoms with Crippen LogP contribution in [0.15, 0.2) is 36.5 Å². The highest BCUT2D eigenvalue weighted by atomic mass is 16.3. The van der Waals surface area contributed by atoms with Crippen molar-refractivity contribution < 1.29 is 25.2 Å². The second-order valence-corrected chi connectivity index (χ2v) is 15.0. The van der Waals surface area contributed by atoms with E-state index in [0.29, 0.717) is 19.3 Å². The Morgan fingerprint density at radius 3 is 1.27 bits per heavy atom. The van der Waals surface area contributed by atoms with Crippen molar-refractivity contribution in [3.63, 3.8) is 0 Å². The molecule has 0 saturated carbocycles. The van der Waals surface area contributed by atoms with Crippen LogP contribution in [0.4, 0.5) is 0 Å². The van der Waals surface area contributed by atoms with Crippen LogP contribution in [0.25, 0.3) is 0 Å². The third-order valence-electron chi connectivity index (χ3n) is 10.1. The van der Waals surface area contributed by atoms with E-state index in [0.717, 1.165) is 44.9 Å². The minimum Gasteiger partial charge on any atom is -0.394 e. The van der Waals surface area contributed by atoms with Gasteiger partial charge in [-0.25, -0.2) is 0 Å². The second kappa shape index (κ2) is 39.7. The summed E-state index contributed by atoms with van der Waals surface area (Å²) in [5.41, 5.74) is 0. The number of allylic oxidation sites excluding steroid dienone is 6. The van der Waals surface area contributed by atoms with Crippen molar-refractivity contribution in [3.05, 3.63) is 36.5 Å². The summed E-state index contributed by atoms with van der Waals surface area (Å²) in [5.74, 6) is -0.602. The van der Waals surface area contributed by atoms with Crippen LogP contribution in [-0.2, 0) is 4.79 Å². The molecule has 5 N–H and O–H groups in total. The molecule has 0 spiro atoms. The average molecular weight is 720 g/mol. The Kier molecular flexibility index (Phi) is 38.6. The monoisotopic (exact) mass is 720 g/mol. The first-order chi connectivity index (χ1) is 25.0. The van der Waals surface area contributed by atoms with Crippen molar-refractivity contribution in [2.75, 3.05) is 6.61 Å². The number of carbonyl (C=O) groups is 1. The van der Waals surface area contributed by atoms with E-state index >= 15 is 0 Å². The molecule has 0 aliphatic heterocycles. The first-order valence-corrected chi connectivity index (χ1v) is 21.9. The van der Waals surface area contributed by atoms with Crippen molar-refractivity contribution in [3.8, 4) is 0 Å². The number of hydrogen-bond acceptors (Lipinski definition) is 5. The van der Waals surface area contributed by atoms with Crippen molar-refractivity contribution in [2.24, 2.45) is 0 Å². The number of aliphatic hydroxyl groups is 4. The van der Waals surface area contributed by atoms with Gasteiger partial charge in [0.15, 0.2) is 0 Å². The molecule has 6 heteroatoms. The smallest absolute Gasteiger partial charge is 0.249 e. The number of hydrogen-bond donors (Lipinski definition) is 5. The summed E-state index contributed by atoms with van der Waals surface area (Å²) < 4.78 is 0. The highest BCUT2D eigenvalue weighted by molar-refractivity contribution is 5.80. The molecule has 1 amide bonds. The number of amides is 1. The van der Waals surface area contributed by atoms with Crippen LogP contribution in [0.2, 0.25) is 0 Å². The van der Waals surface area contributed by atoms with Crippen LogP contribution in [0.1, 0.15) is 213 Å². The Balaban J connectivity index is 3.74. The summed E-state index contributed by atoms with van der Waals surface area (Å²) >= 11 is 0. The van der Waals surface area contributed by atoms with E-state index in [9.17, 15) is 25.2 Å². The van der Waals surface area contributed by atoms with Crippen LogP contribution >= 0.6 is 0 Å². The zero-order chi connectivity index (χ0) is 37.5. The van der Waals surface area contributed by atoms with Gasteiger partial charge in [-0.15, -0.1) is 0 Å². The predicted molar refractivity (Wildman–Crippen MR) is 219 cm³/mol. The zero-order valence-corrected chi connectivity index (χ0v) is 33.6. The lowest BCUT2D eigenvalue weighted by atomic mass is 10.00. The highest BCUT2D eigenvalue weighted by Gasteiger charge is 2.28. The number of aliphatic hydroxyl groups excluding tert-OH is 4. The van der Waals surface area contributed by atoms with Crippen LogP contribution in [-0.4, -0.2) is 57.3 Å². The molecule has 0 aliphatic rings. The molecule has 0 aromatic rings. The molecule has 300 valence electrons. The van der Waals surface area contributed by atoms with Crippen LogP contribution in [0.3, 0.4) is 0 Å². The number of carbonyl (C=O) groups excluding carboxylic acids is 1. The summed E-state index contributed by atoms with van der Waals surface area (Å²) in [4.78, 5) is 12.5. The predicted octanol–water partition coefficient (Wildman–Crippen LogP) is 11.3. The number of unbranched alkanes of at least 4 members (excludes halogenated alkanes) is 24. The molecule has 0 heterocycles. The molecule has 0 radical (unpaired) electrons. The van der Waals surface area contributed by atoms with Crippen molar-refractivity contribution in [2.45, 2.75) is 237 Å². The summed E-state index contributed by atoms with van der Waals surface area (Å²) in [6.45, 7) is 3.99. The lowest BCUT2D eigenvalue weighted by Crippen LogP contribution is -2.53. The van der Waals surface area contributed by atoms with Crippen LogP contribution < -0.4 is 5.32 Å². The third-order valence-corrected chi connectivity index (χ3v) is 10.1. The van der Waals surface area contributed by atoms with Gasteiger partial charge >= 0.3 is 0 Å². The molecule has 4 unspecified atom stereocenters. The minimum atomic E-state index is -1.29. The SMILES string of the molecule is CCCCC/C=C/CC/C=C/CCCC(O)C(O)C(CO)NC(=O)C(O)CCCCCCCCC/C=C\CCCCCCCCCCCCCC. The van der Waals surface area contributed by atoms with Crippen LogP contribution in [0.5, 0.6) is 0 Å². The quantitative estimate of drug-likeness (QED) is 0.0321. The first kappa shape index (κ1) is 49.5. The summed E-state index contributed by atoms with van der Waals surface area (Å²) in [7, 11) is 0. The molecule has 0 saturated heterocycles. The fourth-order valence-corrected chi connectivity index (χ4v) is 6.53. The van der Waals surface area contributed by atoms with E-state index in [1.807, 2.05) is 0 Å². The Morgan fingerprint density at radius 1 is 0.471 bits per heavy atom. The van der Waals surface area contributed by atoms with E-state index in [2.05, 4.69) is 55.6 Å². The largest absolute Gasteiger partial charge is 0.394 e. The van der Waals surface area contributed by atoms with Gasteiger partial charge in [0.1, 0.15) is 12.2 Å². The van der Waals surface area contributed by atoms with Crippen molar-refractivity contribution in [1.29, 1.82) is 0 Å². The third kappa shape index (κ3) is 34.1. The van der Waals surface area contributed by atoms with E-state index < -0.39 is 36.9 Å². The van der Waals surface area contributed by atoms with E-state index in [-0.39, 0.29) is 0 Å². The molecule has 4 atom stereocenters. The van der Waals surface area contributed by atoms with E-state index in [4.69, 9.17) is 0 Å². The highest BCUT2D eigenvalue weighted by Crippen LogP contribution is 2.15. The number of rotatable bonds is 39. The molecule has 0 aliphatic carbocycles. The lowest BCUT2D eigenvalue weighted by Gasteiger charge is -2.27. The molecule has 0 fully saturated rings. The average Bonchev–Trinajstić information content (AvgIpc) is 3.13. The molecule has 51 heavy (non-hydrogen) atoms. The van der Waals surface area contributed by atoms with E-state index in [1.165, 1.54) is 135 Å². The maximum Gasteiger partial charge on any atom is 0.249 e. The van der Waals surface area contributed by atoms with Crippen LogP contribution in [0, 0.1) is 0 Å². The number of nitrogens with one attached hydrogen (secondary N) is 1.